The van der Waals surface area contributed by atoms with Crippen LogP contribution in [0.4, 0.5) is 0 Å². The summed E-state index contributed by atoms with van der Waals surface area (Å²) in [6.07, 6.45) is 4.51. The highest BCUT2D eigenvalue weighted by Crippen LogP contribution is 2.30. The van der Waals surface area contributed by atoms with Gasteiger partial charge < -0.3 is 9.84 Å². The van der Waals surface area contributed by atoms with Gasteiger partial charge in [-0.15, -0.1) is 0 Å². The van der Waals surface area contributed by atoms with Crippen molar-refractivity contribution in [1.82, 2.24) is 14.8 Å². The van der Waals surface area contributed by atoms with Crippen LogP contribution in [0.25, 0.3) is 0 Å². The molecule has 0 saturated carbocycles. The van der Waals surface area contributed by atoms with E-state index in [1.165, 1.54) is 5.56 Å². The average Bonchev–Trinajstić information content (AvgIpc) is 2.88. The minimum Gasteiger partial charge on any atom is -0.495 e. The zero-order valence-corrected chi connectivity index (χ0v) is 16.1. The molecule has 1 atom stereocenters. The Morgan fingerprint density at radius 1 is 1.22 bits per heavy atom. The molecule has 0 amide bonds. The van der Waals surface area contributed by atoms with Crippen molar-refractivity contribution in [2.75, 3.05) is 33.3 Å². The van der Waals surface area contributed by atoms with Crippen molar-refractivity contribution in [3.8, 4) is 5.75 Å². The number of hydrogen-bond acceptors (Lipinski definition) is 5. The molecule has 0 spiro atoms. The van der Waals surface area contributed by atoms with Crippen LogP contribution >= 0.6 is 11.6 Å². The lowest BCUT2D eigenvalue weighted by Gasteiger charge is -2.28. The summed E-state index contributed by atoms with van der Waals surface area (Å²) in [6.45, 7) is 4.02. The van der Waals surface area contributed by atoms with Crippen LogP contribution < -0.4 is 4.74 Å². The summed E-state index contributed by atoms with van der Waals surface area (Å²) in [7, 11) is 1.54. The zero-order valence-electron chi connectivity index (χ0n) is 15.3. The SMILES string of the molecule is COc1ccc(C(C(=O)O)N2CCCN(Cc3ccncc3)CC2)cc1Cl. The number of hydrogen-bond donors (Lipinski definition) is 1. The Morgan fingerprint density at radius 3 is 2.67 bits per heavy atom. The van der Waals surface area contributed by atoms with Gasteiger partial charge in [0.2, 0.25) is 0 Å². The van der Waals surface area contributed by atoms with Gasteiger partial charge in [-0.3, -0.25) is 19.6 Å². The molecule has 27 heavy (non-hydrogen) atoms. The normalized spacial score (nSPS) is 17.3. The van der Waals surface area contributed by atoms with Crippen LogP contribution in [0.3, 0.4) is 0 Å². The average molecular weight is 390 g/mol. The first-order chi connectivity index (χ1) is 13.1. The second-order valence-electron chi connectivity index (χ2n) is 6.66. The van der Waals surface area contributed by atoms with Gasteiger partial charge >= 0.3 is 5.97 Å². The Hall–Kier alpha value is -2.15. The summed E-state index contributed by atoms with van der Waals surface area (Å²) in [5, 5.41) is 10.3. The quantitative estimate of drug-likeness (QED) is 0.819. The molecular formula is C20H24ClN3O3. The van der Waals surface area contributed by atoms with Crippen LogP contribution in [0.5, 0.6) is 5.75 Å². The number of rotatable bonds is 6. The number of methoxy groups -OCH3 is 1. The lowest BCUT2D eigenvalue weighted by Crippen LogP contribution is -2.37. The monoisotopic (exact) mass is 389 g/mol. The molecule has 0 aliphatic carbocycles. The van der Waals surface area contributed by atoms with Gasteiger partial charge in [0.1, 0.15) is 11.8 Å². The molecule has 1 aliphatic rings. The van der Waals surface area contributed by atoms with Crippen molar-refractivity contribution in [1.29, 1.82) is 0 Å². The van der Waals surface area contributed by atoms with E-state index in [1.54, 1.807) is 37.7 Å². The van der Waals surface area contributed by atoms with Gasteiger partial charge in [-0.2, -0.15) is 0 Å². The van der Waals surface area contributed by atoms with Crippen molar-refractivity contribution in [3.63, 3.8) is 0 Å². The number of nitrogens with zero attached hydrogens (tertiary/aromatic N) is 3. The number of carbonyl (C=O) groups is 1. The number of pyridine rings is 1. The Kier molecular flexibility index (Phi) is 6.66. The molecule has 1 aliphatic heterocycles. The Bertz CT molecular complexity index is 772. The summed E-state index contributed by atoms with van der Waals surface area (Å²) in [5.41, 5.74) is 1.89. The van der Waals surface area contributed by atoms with Crippen LogP contribution in [0.2, 0.25) is 5.02 Å². The van der Waals surface area contributed by atoms with Gasteiger partial charge in [-0.05, 0) is 48.4 Å². The fourth-order valence-corrected chi connectivity index (χ4v) is 3.78. The molecule has 1 fully saturated rings. The van der Waals surface area contributed by atoms with Gasteiger partial charge in [0.15, 0.2) is 0 Å². The second kappa shape index (κ2) is 9.17. The van der Waals surface area contributed by atoms with E-state index in [4.69, 9.17) is 16.3 Å². The smallest absolute Gasteiger partial charge is 0.325 e. The number of ether oxygens (including phenoxy) is 1. The van der Waals surface area contributed by atoms with Gasteiger partial charge in [-0.1, -0.05) is 17.7 Å². The first kappa shape index (κ1) is 19.6. The van der Waals surface area contributed by atoms with Crippen molar-refractivity contribution in [3.05, 3.63) is 58.9 Å². The second-order valence-corrected chi connectivity index (χ2v) is 7.06. The van der Waals surface area contributed by atoms with E-state index < -0.39 is 12.0 Å². The molecule has 1 aromatic carbocycles. The van der Waals surface area contributed by atoms with Gasteiger partial charge in [-0.25, -0.2) is 0 Å². The molecule has 3 rings (SSSR count). The predicted octanol–water partition coefficient (Wildman–Crippen LogP) is 3.08. The molecule has 1 aromatic heterocycles. The molecule has 2 aromatic rings. The molecule has 0 radical (unpaired) electrons. The third-order valence-corrected chi connectivity index (χ3v) is 5.16. The number of carboxylic acids is 1. The van der Waals surface area contributed by atoms with Crippen LogP contribution in [-0.2, 0) is 11.3 Å². The van der Waals surface area contributed by atoms with Crippen molar-refractivity contribution in [2.24, 2.45) is 0 Å². The lowest BCUT2D eigenvalue weighted by molar-refractivity contribution is -0.143. The number of benzene rings is 1. The van der Waals surface area contributed by atoms with E-state index in [9.17, 15) is 9.90 Å². The van der Waals surface area contributed by atoms with Crippen LogP contribution in [0.1, 0.15) is 23.6 Å². The molecule has 1 saturated heterocycles. The van der Waals surface area contributed by atoms with Crippen molar-refractivity contribution < 1.29 is 14.6 Å². The topological polar surface area (TPSA) is 65.9 Å². The van der Waals surface area contributed by atoms with E-state index in [1.807, 2.05) is 17.0 Å². The zero-order chi connectivity index (χ0) is 19.2. The third-order valence-electron chi connectivity index (χ3n) is 4.87. The molecule has 1 N–H and O–H groups in total. The molecule has 6 nitrogen and oxygen atoms in total. The van der Waals surface area contributed by atoms with E-state index in [0.717, 1.165) is 32.6 Å². The molecular weight excluding hydrogens is 366 g/mol. The highest BCUT2D eigenvalue weighted by molar-refractivity contribution is 6.32. The fraction of sp³-hybridized carbons (Fsp3) is 0.400. The summed E-state index contributed by atoms with van der Waals surface area (Å²) >= 11 is 6.21. The van der Waals surface area contributed by atoms with E-state index >= 15 is 0 Å². The minimum absolute atomic E-state index is 0.426. The maximum Gasteiger partial charge on any atom is 0.325 e. The van der Waals surface area contributed by atoms with Gasteiger partial charge in [0, 0.05) is 38.6 Å². The summed E-state index contributed by atoms with van der Waals surface area (Å²) < 4.78 is 5.17. The van der Waals surface area contributed by atoms with Crippen LogP contribution in [-0.4, -0.2) is 59.1 Å². The first-order valence-electron chi connectivity index (χ1n) is 9.00. The summed E-state index contributed by atoms with van der Waals surface area (Å²) in [4.78, 5) is 20.4. The highest BCUT2D eigenvalue weighted by Gasteiger charge is 2.29. The minimum atomic E-state index is -0.862. The van der Waals surface area contributed by atoms with E-state index in [0.29, 0.717) is 22.9 Å². The summed E-state index contributed by atoms with van der Waals surface area (Å²) in [6, 6.07) is 8.52. The van der Waals surface area contributed by atoms with Crippen LogP contribution in [0, 0.1) is 0 Å². The largest absolute Gasteiger partial charge is 0.495 e. The molecule has 2 heterocycles. The number of aromatic nitrogens is 1. The number of halogens is 1. The summed E-state index contributed by atoms with van der Waals surface area (Å²) in [5.74, 6) is -0.317. The van der Waals surface area contributed by atoms with E-state index in [-0.39, 0.29) is 0 Å². The molecule has 144 valence electrons. The van der Waals surface area contributed by atoms with Crippen molar-refractivity contribution in [2.45, 2.75) is 19.0 Å². The van der Waals surface area contributed by atoms with Gasteiger partial charge in [0.05, 0.1) is 12.1 Å². The third kappa shape index (κ3) is 4.97. The molecule has 0 bridgehead atoms. The maximum absolute atomic E-state index is 12.0. The predicted molar refractivity (Wildman–Crippen MR) is 104 cm³/mol. The maximum atomic E-state index is 12.0. The van der Waals surface area contributed by atoms with E-state index in [2.05, 4.69) is 9.88 Å². The Morgan fingerprint density at radius 2 is 2.00 bits per heavy atom. The number of carboxylic acid groups (broad SMARTS) is 1. The molecule has 1 unspecified atom stereocenters. The van der Waals surface area contributed by atoms with Crippen LogP contribution in [0.15, 0.2) is 42.7 Å². The number of aliphatic carboxylic acids is 1. The Labute approximate surface area is 164 Å². The standard InChI is InChI=1S/C20H24ClN3O3/c1-27-18-4-3-16(13-17(18)21)19(20(25)26)24-10-2-9-23(11-12-24)14-15-5-7-22-8-6-15/h3-8,13,19H,2,9-12,14H2,1H3,(H,25,26). The molecule has 7 heteroatoms. The highest BCUT2D eigenvalue weighted by atomic mass is 35.5. The van der Waals surface area contributed by atoms with Crippen molar-refractivity contribution >= 4 is 17.6 Å². The Balaban J connectivity index is 1.71. The fourth-order valence-electron chi connectivity index (χ4n) is 3.52. The lowest BCUT2D eigenvalue weighted by atomic mass is 10.0. The van der Waals surface area contributed by atoms with Gasteiger partial charge in [0.25, 0.3) is 0 Å². The first-order valence-corrected chi connectivity index (χ1v) is 9.38.